The Hall–Kier alpha value is -2.57. The van der Waals surface area contributed by atoms with Crippen molar-refractivity contribution in [3.05, 3.63) is 35.8 Å². The molecular weight excluding hydrogens is 224 g/mol. The fraction of sp³-hybridized carbons (Fsp3) is 0.100. The van der Waals surface area contributed by atoms with E-state index in [-0.39, 0.29) is 12.3 Å². The molecular formula is C10H10N4O3. The number of fused-ring (bicyclic) bond motifs is 1. The number of oxime groups is 1. The third-order valence-electron chi connectivity index (χ3n) is 2.25. The van der Waals surface area contributed by atoms with Crippen LogP contribution in [-0.4, -0.2) is 31.5 Å². The van der Waals surface area contributed by atoms with Gasteiger partial charge in [0, 0.05) is 18.0 Å². The van der Waals surface area contributed by atoms with Gasteiger partial charge in [0.1, 0.15) is 5.65 Å². The Balaban J connectivity index is 2.44. The van der Waals surface area contributed by atoms with Gasteiger partial charge >= 0.3 is 5.97 Å². The van der Waals surface area contributed by atoms with Gasteiger partial charge in [-0.15, -0.1) is 0 Å². The maximum atomic E-state index is 10.5. The molecule has 0 atom stereocenters. The summed E-state index contributed by atoms with van der Waals surface area (Å²) in [6, 6.07) is 3.26. The molecule has 2 aromatic rings. The molecule has 17 heavy (non-hydrogen) atoms. The second-order valence-electron chi connectivity index (χ2n) is 3.47. The number of rotatable bonds is 3. The third kappa shape index (κ3) is 2.17. The van der Waals surface area contributed by atoms with Crippen LogP contribution >= 0.6 is 0 Å². The lowest BCUT2D eigenvalue weighted by Gasteiger charge is -1.98. The molecule has 0 spiro atoms. The van der Waals surface area contributed by atoms with Crippen molar-refractivity contribution in [1.82, 2.24) is 9.38 Å². The van der Waals surface area contributed by atoms with Crippen molar-refractivity contribution < 1.29 is 15.1 Å². The fourth-order valence-electron chi connectivity index (χ4n) is 1.49. The van der Waals surface area contributed by atoms with Gasteiger partial charge in [-0.25, -0.2) is 4.98 Å². The molecule has 0 aliphatic carbocycles. The monoisotopic (exact) mass is 234 g/mol. The number of pyridine rings is 1. The van der Waals surface area contributed by atoms with Gasteiger partial charge in [-0.1, -0.05) is 5.16 Å². The standard InChI is InChI=1S/C10H10N4O3/c11-10(13-17)6-1-2-14-5-7(4-9(15)16)12-8(14)3-6/h1-3,5,17H,4H2,(H2,11,13)(H,15,16). The molecule has 0 radical (unpaired) electrons. The van der Waals surface area contributed by atoms with Gasteiger partial charge in [0.2, 0.25) is 0 Å². The number of carbonyl (C=O) groups is 1. The smallest absolute Gasteiger partial charge is 0.309 e. The average Bonchev–Trinajstić information content (AvgIpc) is 2.67. The minimum Gasteiger partial charge on any atom is -0.481 e. The van der Waals surface area contributed by atoms with Gasteiger partial charge in [0.25, 0.3) is 0 Å². The number of carboxylic acids is 1. The topological polar surface area (TPSA) is 113 Å². The van der Waals surface area contributed by atoms with E-state index < -0.39 is 5.97 Å². The van der Waals surface area contributed by atoms with Crippen LogP contribution in [-0.2, 0) is 11.2 Å². The first-order valence-electron chi connectivity index (χ1n) is 4.77. The predicted molar refractivity (Wildman–Crippen MR) is 59.0 cm³/mol. The zero-order chi connectivity index (χ0) is 12.4. The number of amidine groups is 1. The Morgan fingerprint density at radius 3 is 3.00 bits per heavy atom. The van der Waals surface area contributed by atoms with Gasteiger partial charge in [-0.3, -0.25) is 4.79 Å². The second kappa shape index (κ2) is 4.12. The molecule has 2 aromatic heterocycles. The summed E-state index contributed by atoms with van der Waals surface area (Å²) in [5.41, 5.74) is 6.96. The van der Waals surface area contributed by atoms with E-state index in [9.17, 15) is 4.79 Å². The van der Waals surface area contributed by atoms with E-state index in [1.165, 1.54) is 0 Å². The summed E-state index contributed by atoms with van der Waals surface area (Å²) in [5, 5.41) is 20.1. The molecule has 2 rings (SSSR count). The van der Waals surface area contributed by atoms with Crippen LogP contribution in [0, 0.1) is 0 Å². The molecule has 2 heterocycles. The number of imidazole rings is 1. The van der Waals surface area contributed by atoms with Crippen molar-refractivity contribution in [2.24, 2.45) is 10.9 Å². The van der Waals surface area contributed by atoms with E-state index >= 15 is 0 Å². The number of carboxylic acid groups (broad SMARTS) is 1. The van der Waals surface area contributed by atoms with Gasteiger partial charge in [0.05, 0.1) is 12.1 Å². The molecule has 7 heteroatoms. The number of aromatic nitrogens is 2. The highest BCUT2D eigenvalue weighted by Crippen LogP contribution is 2.08. The summed E-state index contributed by atoms with van der Waals surface area (Å²) >= 11 is 0. The minimum atomic E-state index is -0.940. The molecule has 0 aliphatic heterocycles. The zero-order valence-electron chi connectivity index (χ0n) is 8.74. The maximum Gasteiger partial charge on any atom is 0.309 e. The van der Waals surface area contributed by atoms with E-state index in [1.807, 2.05) is 0 Å². The Bertz CT molecular complexity index is 603. The van der Waals surface area contributed by atoms with Crippen molar-refractivity contribution in [3.63, 3.8) is 0 Å². The van der Waals surface area contributed by atoms with Crippen LogP contribution in [0.15, 0.2) is 29.7 Å². The van der Waals surface area contributed by atoms with Crippen molar-refractivity contribution in [2.45, 2.75) is 6.42 Å². The summed E-state index contributed by atoms with van der Waals surface area (Å²) in [7, 11) is 0. The lowest BCUT2D eigenvalue weighted by atomic mass is 10.2. The number of nitrogens with two attached hydrogens (primary N) is 1. The van der Waals surface area contributed by atoms with Crippen LogP contribution in [0.5, 0.6) is 0 Å². The molecule has 4 N–H and O–H groups in total. The largest absolute Gasteiger partial charge is 0.481 e. The van der Waals surface area contributed by atoms with Crippen LogP contribution in [0.1, 0.15) is 11.3 Å². The zero-order valence-corrected chi connectivity index (χ0v) is 8.74. The molecule has 88 valence electrons. The summed E-state index contributed by atoms with van der Waals surface area (Å²) < 4.78 is 1.67. The summed E-state index contributed by atoms with van der Waals surface area (Å²) in [4.78, 5) is 14.7. The quantitative estimate of drug-likeness (QED) is 0.300. The Morgan fingerprint density at radius 2 is 2.35 bits per heavy atom. The molecule has 0 saturated carbocycles. The van der Waals surface area contributed by atoms with Crippen molar-refractivity contribution >= 4 is 17.5 Å². The molecule has 0 aliphatic rings. The normalized spacial score (nSPS) is 11.9. The molecule has 0 fully saturated rings. The van der Waals surface area contributed by atoms with E-state index in [0.29, 0.717) is 16.9 Å². The van der Waals surface area contributed by atoms with Crippen molar-refractivity contribution in [2.75, 3.05) is 0 Å². The van der Waals surface area contributed by atoms with Gasteiger partial charge < -0.3 is 20.4 Å². The Labute approximate surface area is 95.8 Å². The average molecular weight is 234 g/mol. The first-order valence-corrected chi connectivity index (χ1v) is 4.77. The number of nitrogens with zero attached hydrogens (tertiary/aromatic N) is 3. The fourth-order valence-corrected chi connectivity index (χ4v) is 1.49. The highest BCUT2D eigenvalue weighted by Gasteiger charge is 2.07. The molecule has 0 unspecified atom stereocenters. The molecule has 0 aromatic carbocycles. The Morgan fingerprint density at radius 1 is 1.59 bits per heavy atom. The first-order chi connectivity index (χ1) is 8.10. The van der Waals surface area contributed by atoms with Crippen molar-refractivity contribution in [3.8, 4) is 0 Å². The lowest BCUT2D eigenvalue weighted by Crippen LogP contribution is -2.13. The van der Waals surface area contributed by atoms with E-state index in [0.717, 1.165) is 0 Å². The minimum absolute atomic E-state index is 0.0183. The summed E-state index contributed by atoms with van der Waals surface area (Å²) in [6.45, 7) is 0. The van der Waals surface area contributed by atoms with Gasteiger partial charge in [-0.05, 0) is 12.1 Å². The van der Waals surface area contributed by atoms with E-state index in [4.69, 9.17) is 16.0 Å². The predicted octanol–water partition coefficient (Wildman–Crippen LogP) is 0.0559. The highest BCUT2D eigenvalue weighted by molar-refractivity contribution is 5.97. The highest BCUT2D eigenvalue weighted by atomic mass is 16.4. The SMILES string of the molecule is N/C(=N\O)c1ccn2cc(CC(=O)O)nc2c1. The number of hydrogen-bond donors (Lipinski definition) is 3. The van der Waals surface area contributed by atoms with Crippen molar-refractivity contribution in [1.29, 1.82) is 0 Å². The van der Waals surface area contributed by atoms with E-state index in [2.05, 4.69) is 10.1 Å². The van der Waals surface area contributed by atoms with Crippen LogP contribution < -0.4 is 5.73 Å². The molecule has 0 saturated heterocycles. The molecule has 0 bridgehead atoms. The van der Waals surface area contributed by atoms with Crippen LogP contribution in [0.4, 0.5) is 0 Å². The molecule has 0 amide bonds. The third-order valence-corrected chi connectivity index (χ3v) is 2.25. The number of hydrogen-bond acceptors (Lipinski definition) is 4. The Kier molecular flexibility index (Phi) is 2.65. The number of aliphatic carboxylic acids is 1. The van der Waals surface area contributed by atoms with Crippen LogP contribution in [0.25, 0.3) is 5.65 Å². The summed E-state index contributed by atoms with van der Waals surface area (Å²) in [6.07, 6.45) is 3.15. The van der Waals surface area contributed by atoms with E-state index in [1.54, 1.807) is 28.9 Å². The maximum absolute atomic E-state index is 10.5. The summed E-state index contributed by atoms with van der Waals surface area (Å²) in [5.74, 6) is -0.958. The van der Waals surface area contributed by atoms with Crippen LogP contribution in [0.3, 0.4) is 0 Å². The van der Waals surface area contributed by atoms with Gasteiger partial charge in [0.15, 0.2) is 5.84 Å². The lowest BCUT2D eigenvalue weighted by molar-refractivity contribution is -0.136. The second-order valence-corrected chi connectivity index (χ2v) is 3.47. The van der Waals surface area contributed by atoms with Crippen LogP contribution in [0.2, 0.25) is 0 Å². The van der Waals surface area contributed by atoms with Gasteiger partial charge in [-0.2, -0.15) is 0 Å². The molecule has 7 nitrogen and oxygen atoms in total. The first kappa shape index (κ1) is 10.9.